The Kier molecular flexibility index (Phi) is 4.74. The number of nitrogens with one attached hydrogen (secondary N) is 2. The summed E-state index contributed by atoms with van der Waals surface area (Å²) in [4.78, 5) is 32.5. The van der Waals surface area contributed by atoms with E-state index in [9.17, 15) is 9.59 Å². The van der Waals surface area contributed by atoms with Crippen molar-refractivity contribution in [3.63, 3.8) is 0 Å². The lowest BCUT2D eigenvalue weighted by Gasteiger charge is -2.03. The van der Waals surface area contributed by atoms with Gasteiger partial charge in [-0.1, -0.05) is 6.07 Å². The first-order valence-electron chi connectivity index (χ1n) is 6.70. The van der Waals surface area contributed by atoms with Crippen LogP contribution in [-0.4, -0.2) is 28.3 Å². The third kappa shape index (κ3) is 3.99. The molecule has 0 aliphatic rings. The molecule has 0 aromatic carbocycles. The van der Waals surface area contributed by atoms with Crippen LogP contribution in [0.2, 0.25) is 0 Å². The van der Waals surface area contributed by atoms with Gasteiger partial charge in [-0.25, -0.2) is 4.98 Å². The highest BCUT2D eigenvalue weighted by Crippen LogP contribution is 2.24. The van der Waals surface area contributed by atoms with Gasteiger partial charge in [0.25, 0.3) is 5.91 Å². The molecule has 0 fully saturated rings. The molecule has 3 aromatic heterocycles. The van der Waals surface area contributed by atoms with E-state index in [1.807, 2.05) is 22.9 Å². The van der Waals surface area contributed by atoms with Gasteiger partial charge >= 0.3 is 0 Å². The molecule has 3 rings (SSSR count). The van der Waals surface area contributed by atoms with E-state index in [1.165, 1.54) is 22.7 Å². The molecular weight excluding hydrogens is 332 g/mol. The molecule has 0 aliphatic carbocycles. The molecule has 2 amide bonds. The van der Waals surface area contributed by atoms with E-state index in [-0.39, 0.29) is 18.4 Å². The molecule has 23 heavy (non-hydrogen) atoms. The predicted molar refractivity (Wildman–Crippen MR) is 90.6 cm³/mol. The Bertz CT molecular complexity index is 800. The molecule has 0 saturated heterocycles. The number of nitrogens with zero attached hydrogens (tertiary/aromatic N) is 2. The number of hydrogen-bond donors (Lipinski definition) is 2. The molecule has 8 heteroatoms. The van der Waals surface area contributed by atoms with Gasteiger partial charge in [-0.05, 0) is 23.6 Å². The Morgan fingerprint density at radius 1 is 1.13 bits per heavy atom. The van der Waals surface area contributed by atoms with E-state index < -0.39 is 0 Å². The van der Waals surface area contributed by atoms with Gasteiger partial charge in [0.15, 0.2) is 5.13 Å². The average molecular weight is 344 g/mol. The molecule has 0 atom stereocenters. The molecule has 0 saturated carbocycles. The van der Waals surface area contributed by atoms with E-state index in [1.54, 1.807) is 24.5 Å². The number of carbonyl (C=O) groups excluding carboxylic acids is 2. The number of hydrogen-bond acceptors (Lipinski definition) is 6. The first-order chi connectivity index (χ1) is 11.2. The third-order valence-corrected chi connectivity index (χ3v) is 4.51. The maximum Gasteiger partial charge on any atom is 0.261 e. The molecule has 3 aromatic rings. The van der Waals surface area contributed by atoms with Crippen molar-refractivity contribution in [3.05, 3.63) is 52.3 Å². The molecule has 3 heterocycles. The summed E-state index contributed by atoms with van der Waals surface area (Å²) in [5.41, 5.74) is 1.71. The Balaban J connectivity index is 1.54. The number of thiophene rings is 1. The van der Waals surface area contributed by atoms with Crippen LogP contribution < -0.4 is 10.6 Å². The van der Waals surface area contributed by atoms with Crippen LogP contribution in [-0.2, 0) is 4.79 Å². The summed E-state index contributed by atoms with van der Waals surface area (Å²) in [6.45, 7) is -0.0963. The minimum absolute atomic E-state index is 0.0963. The number of pyridine rings is 1. The van der Waals surface area contributed by atoms with Crippen LogP contribution >= 0.6 is 22.7 Å². The zero-order valence-corrected chi connectivity index (χ0v) is 13.5. The monoisotopic (exact) mass is 344 g/mol. The van der Waals surface area contributed by atoms with Crippen LogP contribution in [0.1, 0.15) is 9.67 Å². The minimum atomic E-state index is -0.314. The van der Waals surface area contributed by atoms with Crippen molar-refractivity contribution in [2.45, 2.75) is 0 Å². The molecule has 116 valence electrons. The van der Waals surface area contributed by atoms with E-state index in [2.05, 4.69) is 20.6 Å². The molecule has 6 nitrogen and oxygen atoms in total. The van der Waals surface area contributed by atoms with Crippen molar-refractivity contribution < 1.29 is 9.59 Å². The molecule has 2 N–H and O–H groups in total. The normalized spacial score (nSPS) is 10.3. The second kappa shape index (κ2) is 7.12. The summed E-state index contributed by atoms with van der Waals surface area (Å²) >= 11 is 2.66. The zero-order valence-electron chi connectivity index (χ0n) is 11.9. The number of anilines is 1. The second-order valence-corrected chi connectivity index (χ2v) is 6.29. The lowest BCUT2D eigenvalue weighted by Crippen LogP contribution is -2.32. The van der Waals surface area contributed by atoms with Crippen LogP contribution in [0.25, 0.3) is 11.3 Å². The van der Waals surface area contributed by atoms with Gasteiger partial charge in [-0.15, -0.1) is 22.7 Å². The highest BCUT2D eigenvalue weighted by Gasteiger charge is 2.11. The number of rotatable bonds is 5. The van der Waals surface area contributed by atoms with Gasteiger partial charge in [0.2, 0.25) is 5.91 Å². The maximum absolute atomic E-state index is 11.9. The van der Waals surface area contributed by atoms with E-state index in [0.29, 0.717) is 10.0 Å². The maximum atomic E-state index is 11.9. The summed E-state index contributed by atoms with van der Waals surface area (Å²) in [5, 5.41) is 9.41. The average Bonchev–Trinajstić information content (AvgIpc) is 3.25. The minimum Gasteiger partial charge on any atom is -0.342 e. The lowest BCUT2D eigenvalue weighted by molar-refractivity contribution is -0.115. The topological polar surface area (TPSA) is 84.0 Å². The van der Waals surface area contributed by atoms with Gasteiger partial charge in [0, 0.05) is 23.3 Å². The van der Waals surface area contributed by atoms with Crippen molar-refractivity contribution >= 4 is 39.6 Å². The Hall–Kier alpha value is -2.58. The van der Waals surface area contributed by atoms with Crippen LogP contribution in [0.15, 0.2) is 47.4 Å². The standard InChI is InChI=1S/C15H12N4O2S2/c20-13(8-17-14(21)12-2-1-7-22-12)19-15-18-11(9-23-15)10-3-5-16-6-4-10/h1-7,9H,8H2,(H,17,21)(H,18,19,20). The zero-order chi connectivity index (χ0) is 16.1. The fraction of sp³-hybridized carbons (Fsp3) is 0.0667. The van der Waals surface area contributed by atoms with Crippen molar-refractivity contribution in [1.82, 2.24) is 15.3 Å². The summed E-state index contributed by atoms with van der Waals surface area (Å²) in [5.74, 6) is -0.572. The molecular formula is C15H12N4O2S2. The molecule has 0 aliphatic heterocycles. The highest BCUT2D eigenvalue weighted by molar-refractivity contribution is 7.14. The molecule has 0 radical (unpaired) electrons. The lowest BCUT2D eigenvalue weighted by atomic mass is 10.2. The SMILES string of the molecule is O=C(CNC(=O)c1cccs1)Nc1nc(-c2ccncc2)cs1. The largest absolute Gasteiger partial charge is 0.342 e. The van der Waals surface area contributed by atoms with Crippen LogP contribution in [0.4, 0.5) is 5.13 Å². The van der Waals surface area contributed by atoms with Gasteiger partial charge in [-0.3, -0.25) is 14.6 Å². The third-order valence-electron chi connectivity index (χ3n) is 2.88. The van der Waals surface area contributed by atoms with Gasteiger partial charge in [0.05, 0.1) is 17.1 Å². The van der Waals surface area contributed by atoms with Crippen LogP contribution in [0.5, 0.6) is 0 Å². The summed E-state index contributed by atoms with van der Waals surface area (Å²) in [6.07, 6.45) is 3.38. The van der Waals surface area contributed by atoms with E-state index >= 15 is 0 Å². The quantitative estimate of drug-likeness (QED) is 0.745. The summed E-state index contributed by atoms with van der Waals surface area (Å²) in [6, 6.07) is 7.19. The Morgan fingerprint density at radius 2 is 1.96 bits per heavy atom. The Labute approximate surface area is 140 Å². The number of thiazole rings is 1. The molecule has 0 bridgehead atoms. The smallest absolute Gasteiger partial charge is 0.261 e. The number of amides is 2. The van der Waals surface area contributed by atoms with Gasteiger partial charge in [0.1, 0.15) is 0 Å². The van der Waals surface area contributed by atoms with E-state index in [0.717, 1.165) is 11.3 Å². The van der Waals surface area contributed by atoms with E-state index in [4.69, 9.17) is 0 Å². The predicted octanol–water partition coefficient (Wildman–Crippen LogP) is 2.64. The fourth-order valence-corrected chi connectivity index (χ4v) is 3.18. The van der Waals surface area contributed by atoms with Crippen molar-refractivity contribution in [2.24, 2.45) is 0 Å². The number of aromatic nitrogens is 2. The van der Waals surface area contributed by atoms with Crippen LogP contribution in [0.3, 0.4) is 0 Å². The first-order valence-corrected chi connectivity index (χ1v) is 8.46. The summed E-state index contributed by atoms with van der Waals surface area (Å²) in [7, 11) is 0. The van der Waals surface area contributed by atoms with Crippen LogP contribution in [0, 0.1) is 0 Å². The summed E-state index contributed by atoms with van der Waals surface area (Å²) < 4.78 is 0. The van der Waals surface area contributed by atoms with Gasteiger partial charge in [-0.2, -0.15) is 0 Å². The molecule has 0 spiro atoms. The first kappa shape index (κ1) is 15.3. The van der Waals surface area contributed by atoms with Crippen molar-refractivity contribution in [1.29, 1.82) is 0 Å². The fourth-order valence-electron chi connectivity index (χ4n) is 1.81. The molecule has 0 unspecified atom stereocenters. The highest BCUT2D eigenvalue weighted by atomic mass is 32.1. The second-order valence-electron chi connectivity index (χ2n) is 4.48. The van der Waals surface area contributed by atoms with Crippen molar-refractivity contribution in [2.75, 3.05) is 11.9 Å². The van der Waals surface area contributed by atoms with Gasteiger partial charge < -0.3 is 10.6 Å². The number of carbonyl (C=O) groups is 2. The van der Waals surface area contributed by atoms with Crippen molar-refractivity contribution in [3.8, 4) is 11.3 Å². The Morgan fingerprint density at radius 3 is 2.70 bits per heavy atom.